The number of rotatable bonds is 4. The topological polar surface area (TPSA) is 96.3 Å². The first-order valence-corrected chi connectivity index (χ1v) is 10.9. The van der Waals surface area contributed by atoms with Crippen LogP contribution in [0.25, 0.3) is 11.4 Å². The van der Waals surface area contributed by atoms with Crippen LogP contribution in [-0.2, 0) is 22.7 Å². The number of benzene rings is 1. The molecule has 0 unspecified atom stereocenters. The van der Waals surface area contributed by atoms with Gasteiger partial charge in [0.15, 0.2) is 17.3 Å². The molecule has 1 atom stereocenters. The van der Waals surface area contributed by atoms with Gasteiger partial charge in [-0.25, -0.2) is 18.2 Å². The second-order valence-electron chi connectivity index (χ2n) is 9.31. The first kappa shape index (κ1) is 25.3. The lowest BCUT2D eigenvalue weighted by Gasteiger charge is -2.29. The second kappa shape index (κ2) is 9.47. The lowest BCUT2D eigenvalue weighted by atomic mass is 9.86. The Morgan fingerprint density at radius 1 is 1.06 bits per heavy atom. The van der Waals surface area contributed by atoms with E-state index in [4.69, 9.17) is 0 Å². The van der Waals surface area contributed by atoms with Gasteiger partial charge in [0.25, 0.3) is 5.91 Å². The Bertz CT molecular complexity index is 1140. The van der Waals surface area contributed by atoms with E-state index in [-0.39, 0.29) is 36.1 Å². The molecule has 0 saturated heterocycles. The van der Waals surface area contributed by atoms with E-state index < -0.39 is 40.7 Å². The summed E-state index contributed by atoms with van der Waals surface area (Å²) in [6.07, 6.45) is 0.477. The van der Waals surface area contributed by atoms with Crippen LogP contribution in [0.3, 0.4) is 0 Å². The number of nitrogens with zero attached hydrogens (tertiary/aromatic N) is 3. The van der Waals surface area contributed by atoms with Gasteiger partial charge in [-0.1, -0.05) is 20.8 Å². The maximum Gasteiger partial charge on any atom is 0.272 e. The van der Waals surface area contributed by atoms with Crippen LogP contribution in [0, 0.1) is 22.9 Å². The van der Waals surface area contributed by atoms with Crippen molar-refractivity contribution in [1.82, 2.24) is 25.1 Å². The molecule has 1 aromatic heterocycles. The summed E-state index contributed by atoms with van der Waals surface area (Å²) in [5.74, 6) is -5.04. The Labute approximate surface area is 195 Å². The van der Waals surface area contributed by atoms with Crippen molar-refractivity contribution >= 4 is 17.7 Å². The molecule has 0 spiro atoms. The van der Waals surface area contributed by atoms with Crippen LogP contribution in [0.5, 0.6) is 0 Å². The van der Waals surface area contributed by atoms with E-state index in [9.17, 15) is 27.6 Å². The van der Waals surface area contributed by atoms with Gasteiger partial charge < -0.3 is 20.1 Å². The Morgan fingerprint density at radius 3 is 2.29 bits per heavy atom. The standard InChI is InChI=1S/C23H28F3N5O3/c1-12(32)30-7-6-8-31-17(11-30)18(21(33)29-19(22(34)27-5)23(2,3)4)28-20(31)13-9-15(25)16(26)10-14(13)24/h9-10,19H,6-8,11H2,1-5H3,(H,27,34)(H,29,33)/t19-/m1/s1. The number of carbonyl (C=O) groups excluding carboxylic acids is 3. The van der Waals surface area contributed by atoms with Crippen molar-refractivity contribution in [3.8, 4) is 11.4 Å². The smallest absolute Gasteiger partial charge is 0.272 e. The van der Waals surface area contributed by atoms with Crippen molar-refractivity contribution in [1.29, 1.82) is 0 Å². The summed E-state index contributed by atoms with van der Waals surface area (Å²) < 4.78 is 43.7. The summed E-state index contributed by atoms with van der Waals surface area (Å²) in [5.41, 5.74) is -0.763. The molecule has 1 aliphatic rings. The third-order valence-electron chi connectivity index (χ3n) is 5.78. The zero-order valence-electron chi connectivity index (χ0n) is 19.8. The van der Waals surface area contributed by atoms with Gasteiger partial charge in [-0.15, -0.1) is 0 Å². The molecule has 2 N–H and O–H groups in total. The number of halogens is 3. The molecule has 0 radical (unpaired) electrons. The van der Waals surface area contributed by atoms with Crippen molar-refractivity contribution in [3.05, 3.63) is 41.0 Å². The zero-order chi connectivity index (χ0) is 25.4. The van der Waals surface area contributed by atoms with Crippen molar-refractivity contribution in [2.75, 3.05) is 13.6 Å². The summed E-state index contributed by atoms with van der Waals surface area (Å²) in [6.45, 7) is 7.40. The van der Waals surface area contributed by atoms with Crippen LogP contribution < -0.4 is 10.6 Å². The molecular formula is C23H28F3N5O3. The fraction of sp³-hybridized carbons (Fsp3) is 0.478. The van der Waals surface area contributed by atoms with Gasteiger partial charge >= 0.3 is 0 Å². The van der Waals surface area contributed by atoms with Crippen LogP contribution in [0.15, 0.2) is 12.1 Å². The molecule has 0 saturated carbocycles. The minimum atomic E-state index is -1.34. The normalized spacial score (nSPS) is 14.8. The van der Waals surface area contributed by atoms with Crippen LogP contribution in [0.2, 0.25) is 0 Å². The Kier molecular flexibility index (Phi) is 7.04. The summed E-state index contributed by atoms with van der Waals surface area (Å²) in [4.78, 5) is 43.7. The predicted molar refractivity (Wildman–Crippen MR) is 118 cm³/mol. The lowest BCUT2D eigenvalue weighted by molar-refractivity contribution is -0.129. The van der Waals surface area contributed by atoms with Crippen molar-refractivity contribution in [2.45, 2.75) is 53.2 Å². The first-order chi connectivity index (χ1) is 15.8. The van der Waals surface area contributed by atoms with E-state index in [0.29, 0.717) is 30.8 Å². The predicted octanol–water partition coefficient (Wildman–Crippen LogP) is 2.61. The van der Waals surface area contributed by atoms with Crippen LogP contribution in [0.4, 0.5) is 13.2 Å². The zero-order valence-corrected chi connectivity index (χ0v) is 19.8. The number of hydrogen-bond donors (Lipinski definition) is 2. The molecule has 1 aromatic carbocycles. The molecule has 34 heavy (non-hydrogen) atoms. The van der Waals surface area contributed by atoms with Crippen molar-refractivity contribution < 1.29 is 27.6 Å². The largest absolute Gasteiger partial charge is 0.357 e. The molecule has 1 aliphatic heterocycles. The van der Waals surface area contributed by atoms with E-state index in [1.54, 1.807) is 25.3 Å². The molecular weight excluding hydrogens is 451 g/mol. The molecule has 8 nitrogen and oxygen atoms in total. The lowest BCUT2D eigenvalue weighted by Crippen LogP contribution is -2.53. The molecule has 0 aliphatic carbocycles. The summed E-state index contributed by atoms with van der Waals surface area (Å²) >= 11 is 0. The highest BCUT2D eigenvalue weighted by molar-refractivity contribution is 5.98. The van der Waals surface area contributed by atoms with Gasteiger partial charge in [-0.2, -0.15) is 0 Å². The fourth-order valence-corrected chi connectivity index (χ4v) is 3.94. The highest BCUT2D eigenvalue weighted by atomic mass is 19.2. The summed E-state index contributed by atoms with van der Waals surface area (Å²) in [6, 6.07) is 0.199. The maximum absolute atomic E-state index is 14.6. The van der Waals surface area contributed by atoms with E-state index in [1.165, 1.54) is 18.9 Å². The third-order valence-corrected chi connectivity index (χ3v) is 5.78. The molecule has 2 heterocycles. The number of imidazole rings is 1. The number of likely N-dealkylation sites (N-methyl/N-ethyl adjacent to an activating group) is 1. The first-order valence-electron chi connectivity index (χ1n) is 10.9. The average Bonchev–Trinajstić information content (AvgIpc) is 2.95. The molecule has 2 aromatic rings. The fourth-order valence-electron chi connectivity index (χ4n) is 3.94. The van der Waals surface area contributed by atoms with E-state index in [1.807, 2.05) is 0 Å². The van der Waals surface area contributed by atoms with Gasteiger partial charge in [-0.3, -0.25) is 14.4 Å². The minimum absolute atomic E-state index is 0.0105. The SMILES string of the molecule is CNC(=O)[C@@H](NC(=O)c1nc(-c2cc(F)c(F)cc2F)n2c1CN(C(C)=O)CCC2)C(C)(C)C. The summed E-state index contributed by atoms with van der Waals surface area (Å²) in [5, 5.41) is 5.19. The Hall–Kier alpha value is -3.37. The highest BCUT2D eigenvalue weighted by Crippen LogP contribution is 2.30. The highest BCUT2D eigenvalue weighted by Gasteiger charge is 2.35. The van der Waals surface area contributed by atoms with Gasteiger partial charge in [0.05, 0.1) is 17.8 Å². The van der Waals surface area contributed by atoms with E-state index >= 15 is 0 Å². The molecule has 0 bridgehead atoms. The van der Waals surface area contributed by atoms with Crippen molar-refractivity contribution in [3.63, 3.8) is 0 Å². The molecule has 3 rings (SSSR count). The van der Waals surface area contributed by atoms with E-state index in [2.05, 4.69) is 15.6 Å². The molecule has 184 valence electrons. The average molecular weight is 480 g/mol. The second-order valence-corrected chi connectivity index (χ2v) is 9.31. The monoisotopic (exact) mass is 479 g/mol. The summed E-state index contributed by atoms with van der Waals surface area (Å²) in [7, 11) is 1.45. The van der Waals surface area contributed by atoms with Gasteiger partial charge in [0, 0.05) is 33.1 Å². The van der Waals surface area contributed by atoms with E-state index in [0.717, 1.165) is 0 Å². The Morgan fingerprint density at radius 2 is 1.71 bits per heavy atom. The minimum Gasteiger partial charge on any atom is -0.357 e. The number of fused-ring (bicyclic) bond motifs is 1. The third kappa shape index (κ3) is 4.92. The van der Waals surface area contributed by atoms with Crippen molar-refractivity contribution in [2.24, 2.45) is 5.41 Å². The van der Waals surface area contributed by atoms with Gasteiger partial charge in [0.1, 0.15) is 17.7 Å². The number of aromatic nitrogens is 2. The number of amides is 3. The molecule has 11 heteroatoms. The van der Waals surface area contributed by atoms with Gasteiger partial charge in [0.2, 0.25) is 11.8 Å². The molecule has 3 amide bonds. The van der Waals surface area contributed by atoms with Crippen LogP contribution >= 0.6 is 0 Å². The maximum atomic E-state index is 14.6. The number of hydrogen-bond acceptors (Lipinski definition) is 4. The van der Waals surface area contributed by atoms with Crippen LogP contribution in [-0.4, -0.2) is 51.8 Å². The Balaban J connectivity index is 2.15. The number of carbonyl (C=O) groups is 3. The molecule has 0 fully saturated rings. The van der Waals surface area contributed by atoms with Crippen LogP contribution in [0.1, 0.15) is 50.3 Å². The number of nitrogens with one attached hydrogen (secondary N) is 2. The van der Waals surface area contributed by atoms with Gasteiger partial charge in [-0.05, 0) is 17.9 Å². The quantitative estimate of drug-likeness (QED) is 0.659.